The first-order valence-corrected chi connectivity index (χ1v) is 16.2. The Kier molecular flexibility index (Phi) is 8.58. The van der Waals surface area contributed by atoms with Gasteiger partial charge in [-0.15, -0.1) is 11.8 Å². The van der Waals surface area contributed by atoms with Crippen LogP contribution in [0.3, 0.4) is 0 Å². The van der Waals surface area contributed by atoms with Crippen molar-refractivity contribution in [2.75, 3.05) is 6.61 Å². The number of thioether (sulfide) groups is 1. The fourth-order valence-corrected chi connectivity index (χ4v) is 10.6. The molecular formula is C31H34N2O5SSi. The number of ether oxygens (including phenoxy) is 1. The van der Waals surface area contributed by atoms with Crippen LogP contribution in [0.4, 0.5) is 0 Å². The number of nitrogens with one attached hydrogen (secondary N) is 1. The van der Waals surface area contributed by atoms with Crippen molar-refractivity contribution in [3.63, 3.8) is 0 Å². The number of hydrogen-bond donors (Lipinski definition) is 1. The molecule has 0 radical (unpaired) electrons. The molecule has 1 saturated heterocycles. The molecule has 3 aromatic carbocycles. The van der Waals surface area contributed by atoms with Crippen LogP contribution < -0.4 is 21.6 Å². The van der Waals surface area contributed by atoms with Crippen molar-refractivity contribution in [2.45, 2.75) is 54.7 Å². The van der Waals surface area contributed by atoms with Crippen molar-refractivity contribution in [1.82, 2.24) is 9.55 Å². The number of aromatic amines is 1. The van der Waals surface area contributed by atoms with Gasteiger partial charge in [-0.3, -0.25) is 18.9 Å². The molecule has 1 fully saturated rings. The van der Waals surface area contributed by atoms with Crippen LogP contribution in [0.25, 0.3) is 0 Å². The Morgan fingerprint density at radius 2 is 1.48 bits per heavy atom. The molecule has 0 spiro atoms. The van der Waals surface area contributed by atoms with Gasteiger partial charge in [-0.2, -0.15) is 0 Å². The van der Waals surface area contributed by atoms with E-state index < -0.39 is 25.8 Å². The first kappa shape index (κ1) is 28.3. The van der Waals surface area contributed by atoms with Crippen LogP contribution in [-0.4, -0.2) is 35.8 Å². The number of hydrogen-bond acceptors (Lipinski definition) is 6. The zero-order valence-corrected chi connectivity index (χ0v) is 24.7. The van der Waals surface area contributed by atoms with Crippen molar-refractivity contribution in [3.8, 4) is 0 Å². The summed E-state index contributed by atoms with van der Waals surface area (Å²) < 4.78 is 14.4. The van der Waals surface area contributed by atoms with Crippen molar-refractivity contribution in [2.24, 2.45) is 0 Å². The number of aromatic nitrogens is 2. The molecule has 1 aliphatic heterocycles. The molecule has 3 atom stereocenters. The number of nitrogens with zero attached hydrogens (tertiary/aromatic N) is 1. The highest BCUT2D eigenvalue weighted by Gasteiger charge is 2.52. The minimum Gasteiger partial charge on any atom is -0.351 e. The lowest BCUT2D eigenvalue weighted by molar-refractivity contribution is -0.238. The Bertz CT molecular complexity index is 1470. The van der Waals surface area contributed by atoms with E-state index >= 15 is 0 Å². The van der Waals surface area contributed by atoms with Crippen LogP contribution >= 0.6 is 11.8 Å². The van der Waals surface area contributed by atoms with Gasteiger partial charge in [0.2, 0.25) is 0 Å². The Balaban J connectivity index is 1.40. The molecule has 0 aliphatic carbocycles. The second-order valence-electron chi connectivity index (χ2n) is 10.9. The van der Waals surface area contributed by atoms with Gasteiger partial charge in [0.1, 0.15) is 6.61 Å². The van der Waals surface area contributed by atoms with E-state index in [9.17, 15) is 9.59 Å². The maximum Gasteiger partial charge on any atom is 0.330 e. The molecule has 5 rings (SSSR count). The molecule has 0 bridgehead atoms. The molecule has 7 nitrogen and oxygen atoms in total. The molecule has 0 saturated carbocycles. The summed E-state index contributed by atoms with van der Waals surface area (Å²) in [5.41, 5.74) is -0.939. The summed E-state index contributed by atoms with van der Waals surface area (Å²) in [4.78, 5) is 33.9. The van der Waals surface area contributed by atoms with E-state index in [0.717, 1.165) is 15.3 Å². The smallest absolute Gasteiger partial charge is 0.330 e. The quantitative estimate of drug-likeness (QED) is 0.180. The molecule has 0 unspecified atom stereocenters. The zero-order valence-electron chi connectivity index (χ0n) is 22.9. The highest BCUT2D eigenvalue weighted by atomic mass is 32.2. The molecule has 40 heavy (non-hydrogen) atoms. The minimum atomic E-state index is -2.87. The van der Waals surface area contributed by atoms with Gasteiger partial charge in [0, 0.05) is 17.2 Å². The van der Waals surface area contributed by atoms with Gasteiger partial charge >= 0.3 is 14.0 Å². The van der Waals surface area contributed by atoms with E-state index in [1.54, 1.807) is 11.8 Å². The lowest BCUT2D eigenvalue weighted by Gasteiger charge is -2.41. The monoisotopic (exact) mass is 574 g/mol. The molecule has 1 aromatic heterocycles. The maximum atomic E-state index is 12.7. The molecular weight excluding hydrogens is 541 g/mol. The molecule has 0 amide bonds. The Labute approximate surface area is 239 Å². The Morgan fingerprint density at radius 3 is 2.02 bits per heavy atom. The van der Waals surface area contributed by atoms with Gasteiger partial charge in [-0.1, -0.05) is 99.6 Å². The van der Waals surface area contributed by atoms with Crippen molar-refractivity contribution < 1.29 is 14.2 Å². The fraction of sp³-hybridized carbons (Fsp3) is 0.290. The lowest BCUT2D eigenvalue weighted by atomic mass is 10.2. The van der Waals surface area contributed by atoms with Crippen LogP contribution in [-0.2, 0) is 14.2 Å². The number of H-pyrrole nitrogens is 1. The average Bonchev–Trinajstić information content (AvgIpc) is 3.34. The lowest BCUT2D eigenvalue weighted by Crippen LogP contribution is -2.66. The van der Waals surface area contributed by atoms with Gasteiger partial charge < -0.3 is 4.74 Å². The maximum absolute atomic E-state index is 12.7. The number of benzene rings is 3. The van der Waals surface area contributed by atoms with Crippen LogP contribution in [0.2, 0.25) is 5.04 Å². The molecule has 208 valence electrons. The van der Waals surface area contributed by atoms with Gasteiger partial charge in [0.15, 0.2) is 6.23 Å². The first-order chi connectivity index (χ1) is 19.3. The van der Waals surface area contributed by atoms with Crippen LogP contribution in [0, 0.1) is 0 Å². The number of rotatable bonds is 9. The van der Waals surface area contributed by atoms with Crippen LogP contribution in [0.1, 0.15) is 33.4 Å². The third-order valence-electron chi connectivity index (χ3n) is 7.16. The second-order valence-corrected chi connectivity index (χ2v) is 16.4. The van der Waals surface area contributed by atoms with E-state index in [4.69, 9.17) is 14.2 Å². The van der Waals surface area contributed by atoms with Gasteiger partial charge in [0.05, 0.1) is 11.4 Å². The molecule has 9 heteroatoms. The van der Waals surface area contributed by atoms with E-state index in [1.165, 1.54) is 16.8 Å². The third-order valence-corrected chi connectivity index (χ3v) is 13.2. The highest BCUT2D eigenvalue weighted by Crippen LogP contribution is 2.41. The molecule has 1 aliphatic rings. The molecule has 1 N–H and O–H groups in total. The summed E-state index contributed by atoms with van der Waals surface area (Å²) >= 11 is 1.64. The Morgan fingerprint density at radius 1 is 0.900 bits per heavy atom. The summed E-state index contributed by atoms with van der Waals surface area (Å²) in [5.74, 6) is 0. The minimum absolute atomic E-state index is 0.0764. The summed E-state index contributed by atoms with van der Waals surface area (Å²) in [7, 11) is -2.87. The van der Waals surface area contributed by atoms with Crippen LogP contribution in [0.15, 0.2) is 118 Å². The van der Waals surface area contributed by atoms with E-state index in [1.807, 2.05) is 66.7 Å². The first-order valence-electron chi connectivity index (χ1n) is 13.4. The van der Waals surface area contributed by atoms with Crippen molar-refractivity contribution in [3.05, 3.63) is 124 Å². The summed E-state index contributed by atoms with van der Waals surface area (Å²) in [5, 5.41) is 1.93. The predicted molar refractivity (Wildman–Crippen MR) is 161 cm³/mol. The summed E-state index contributed by atoms with van der Waals surface area (Å²) in [6, 6.07) is 32.0. The Hall–Kier alpha value is -3.21. The normalized spacial score (nSPS) is 19.5. The third kappa shape index (κ3) is 5.94. The van der Waals surface area contributed by atoms with Crippen molar-refractivity contribution >= 4 is 30.5 Å². The highest BCUT2D eigenvalue weighted by molar-refractivity contribution is 8.00. The summed E-state index contributed by atoms with van der Waals surface area (Å²) in [6.07, 6.45) is 1.24. The second kappa shape index (κ2) is 12.1. The van der Waals surface area contributed by atoms with Crippen LogP contribution in [0.5, 0.6) is 0 Å². The molecule has 4 aromatic rings. The standard InChI is InChI=1S/C31H34N2O5SSi/c1-31(2,3)40(25-15-9-5-10-16-25,26-17-11-6-12-18-26)38-36-22-23-21-27(39-24-13-7-4-8-14-24)29(37-23)33-20-19-28(34)32-30(33)35/h4-20,23,27,29H,21-22H2,1-3H3,(H,32,34,35)/t23-,27+,29+/m0/s1. The van der Waals surface area contributed by atoms with Gasteiger partial charge in [-0.05, 0) is 34.0 Å². The summed E-state index contributed by atoms with van der Waals surface area (Å²) in [6.45, 7) is 6.78. The largest absolute Gasteiger partial charge is 0.351 e. The predicted octanol–water partition coefficient (Wildman–Crippen LogP) is 4.49. The molecule has 2 heterocycles. The van der Waals surface area contributed by atoms with E-state index in [-0.39, 0.29) is 23.0 Å². The topological polar surface area (TPSA) is 82.5 Å². The van der Waals surface area contributed by atoms with E-state index in [0.29, 0.717) is 6.42 Å². The zero-order chi connectivity index (χ0) is 28.2. The van der Waals surface area contributed by atoms with Gasteiger partial charge in [-0.25, -0.2) is 9.68 Å². The van der Waals surface area contributed by atoms with Gasteiger partial charge in [0.25, 0.3) is 5.56 Å². The van der Waals surface area contributed by atoms with Crippen molar-refractivity contribution in [1.29, 1.82) is 0 Å². The fourth-order valence-electron chi connectivity index (χ4n) is 5.27. The van der Waals surface area contributed by atoms with E-state index in [2.05, 4.69) is 50.0 Å². The SMILES string of the molecule is CC(C)(C)[Si](OOC[C@@H]1C[C@@H](Sc2ccccc2)[C@H](n2ccc(=O)[nH]c2=O)O1)(c1ccccc1)c1ccccc1. The average molecular weight is 575 g/mol.